The number of nitrogens with zero attached hydrogens (tertiary/aromatic N) is 3. The second kappa shape index (κ2) is 5.70. The number of nitrogens with one attached hydrogen (secondary N) is 1. The fraction of sp³-hybridized carbons (Fsp3) is 0.250. The van der Waals surface area contributed by atoms with Gasteiger partial charge in [0.25, 0.3) is 5.91 Å². The maximum Gasteiger partial charge on any atom is 0.276 e. The minimum Gasteiger partial charge on any atom is -0.304 e. The van der Waals surface area contributed by atoms with Gasteiger partial charge in [-0.25, -0.2) is 4.98 Å². The predicted molar refractivity (Wildman–Crippen MR) is 71.7 cm³/mol. The van der Waals surface area contributed by atoms with Crippen molar-refractivity contribution in [1.29, 1.82) is 0 Å². The molecule has 0 spiro atoms. The number of anilines is 1. The van der Waals surface area contributed by atoms with E-state index in [9.17, 15) is 4.79 Å². The third kappa shape index (κ3) is 3.35. The van der Waals surface area contributed by atoms with Crippen LogP contribution in [0, 0.1) is 0 Å². The van der Waals surface area contributed by atoms with E-state index < -0.39 is 0 Å². The summed E-state index contributed by atoms with van der Waals surface area (Å²) >= 11 is 1.42. The lowest BCUT2D eigenvalue weighted by Gasteiger charge is -2.05. The highest BCUT2D eigenvalue weighted by molar-refractivity contribution is 7.13. The van der Waals surface area contributed by atoms with Crippen LogP contribution in [0.1, 0.15) is 16.2 Å². The van der Waals surface area contributed by atoms with E-state index in [-0.39, 0.29) is 5.91 Å². The van der Waals surface area contributed by atoms with Crippen molar-refractivity contribution in [2.24, 2.45) is 0 Å². The van der Waals surface area contributed by atoms with Crippen molar-refractivity contribution in [2.45, 2.75) is 6.54 Å². The first-order valence-corrected chi connectivity index (χ1v) is 6.34. The Hall–Kier alpha value is -1.79. The van der Waals surface area contributed by atoms with Gasteiger partial charge in [-0.3, -0.25) is 15.1 Å². The van der Waals surface area contributed by atoms with Gasteiger partial charge in [0, 0.05) is 18.1 Å². The molecule has 0 bridgehead atoms. The highest BCUT2D eigenvalue weighted by Gasteiger charge is 2.09. The van der Waals surface area contributed by atoms with E-state index in [4.69, 9.17) is 0 Å². The van der Waals surface area contributed by atoms with Crippen molar-refractivity contribution in [2.75, 3.05) is 19.4 Å². The normalized spacial score (nSPS) is 10.6. The first-order chi connectivity index (χ1) is 8.65. The Balaban J connectivity index is 2.01. The molecule has 18 heavy (non-hydrogen) atoms. The van der Waals surface area contributed by atoms with E-state index in [2.05, 4.69) is 15.3 Å². The average molecular weight is 262 g/mol. The molecule has 0 saturated carbocycles. The van der Waals surface area contributed by atoms with Crippen LogP contribution < -0.4 is 5.32 Å². The molecule has 0 saturated heterocycles. The van der Waals surface area contributed by atoms with Crippen LogP contribution in [0.25, 0.3) is 0 Å². The van der Waals surface area contributed by atoms with Crippen molar-refractivity contribution < 1.29 is 4.79 Å². The predicted octanol–water partition coefficient (Wildman–Crippen LogP) is 1.85. The fourth-order valence-corrected chi connectivity index (χ4v) is 2.12. The molecule has 1 N–H and O–H groups in total. The van der Waals surface area contributed by atoms with Gasteiger partial charge in [-0.1, -0.05) is 6.07 Å². The summed E-state index contributed by atoms with van der Waals surface area (Å²) in [5.41, 5.74) is 1.34. The lowest BCUT2D eigenvalue weighted by molar-refractivity contribution is 0.102. The summed E-state index contributed by atoms with van der Waals surface area (Å²) in [6.07, 6.45) is 1.59. The number of thiazole rings is 1. The van der Waals surface area contributed by atoms with Gasteiger partial charge < -0.3 is 4.90 Å². The van der Waals surface area contributed by atoms with Gasteiger partial charge in [-0.15, -0.1) is 11.3 Å². The Kier molecular flexibility index (Phi) is 4.01. The van der Waals surface area contributed by atoms with Crippen LogP contribution in [0.5, 0.6) is 0 Å². The smallest absolute Gasteiger partial charge is 0.276 e. The topological polar surface area (TPSA) is 58.1 Å². The monoisotopic (exact) mass is 262 g/mol. The molecule has 5 nitrogen and oxygen atoms in total. The Morgan fingerprint density at radius 2 is 2.28 bits per heavy atom. The minimum absolute atomic E-state index is 0.235. The third-order valence-electron chi connectivity index (χ3n) is 2.15. The van der Waals surface area contributed by atoms with Gasteiger partial charge in [-0.05, 0) is 26.2 Å². The van der Waals surface area contributed by atoms with Crippen molar-refractivity contribution in [3.63, 3.8) is 0 Å². The summed E-state index contributed by atoms with van der Waals surface area (Å²) in [6.45, 7) is 0.760. The molecule has 0 aliphatic carbocycles. The molecule has 2 aromatic rings. The summed E-state index contributed by atoms with van der Waals surface area (Å²) in [7, 11) is 3.96. The quantitative estimate of drug-likeness (QED) is 0.913. The Bertz CT molecular complexity index is 524. The Morgan fingerprint density at radius 1 is 1.44 bits per heavy atom. The van der Waals surface area contributed by atoms with E-state index in [1.165, 1.54) is 11.3 Å². The number of carbonyl (C=O) groups is 1. The van der Waals surface area contributed by atoms with Crippen LogP contribution in [-0.4, -0.2) is 34.9 Å². The number of rotatable bonds is 4. The molecule has 2 heterocycles. The maximum absolute atomic E-state index is 11.8. The molecule has 6 heteroatoms. The number of pyridine rings is 1. The van der Waals surface area contributed by atoms with E-state index >= 15 is 0 Å². The molecule has 2 rings (SSSR count). The first-order valence-electron chi connectivity index (χ1n) is 5.46. The number of amides is 1. The number of aromatic nitrogens is 2. The van der Waals surface area contributed by atoms with Crippen LogP contribution >= 0.6 is 11.3 Å². The van der Waals surface area contributed by atoms with Crippen molar-refractivity contribution >= 4 is 22.4 Å². The van der Waals surface area contributed by atoms with Crippen LogP contribution in [0.2, 0.25) is 0 Å². The van der Waals surface area contributed by atoms with Crippen LogP contribution in [-0.2, 0) is 6.54 Å². The molecule has 0 radical (unpaired) electrons. The Morgan fingerprint density at radius 3 is 2.94 bits per heavy atom. The summed E-state index contributed by atoms with van der Waals surface area (Å²) < 4.78 is 0. The summed E-state index contributed by atoms with van der Waals surface area (Å²) in [4.78, 5) is 22.2. The lowest BCUT2D eigenvalue weighted by atomic mass is 10.3. The maximum atomic E-state index is 11.8. The molecular weight excluding hydrogens is 248 g/mol. The van der Waals surface area contributed by atoms with Crippen molar-refractivity contribution in [1.82, 2.24) is 14.9 Å². The van der Waals surface area contributed by atoms with Gasteiger partial charge in [0.15, 0.2) is 5.13 Å². The van der Waals surface area contributed by atoms with Crippen LogP contribution in [0.4, 0.5) is 5.13 Å². The summed E-state index contributed by atoms with van der Waals surface area (Å²) in [6, 6.07) is 5.22. The largest absolute Gasteiger partial charge is 0.304 e. The lowest BCUT2D eigenvalue weighted by Crippen LogP contribution is -2.14. The molecule has 0 aliphatic rings. The zero-order chi connectivity index (χ0) is 13.0. The van der Waals surface area contributed by atoms with Crippen molar-refractivity contribution in [3.05, 3.63) is 41.2 Å². The summed E-state index contributed by atoms with van der Waals surface area (Å²) in [5.74, 6) is -0.235. The minimum atomic E-state index is -0.235. The second-order valence-corrected chi connectivity index (χ2v) is 4.91. The molecule has 2 aromatic heterocycles. The third-order valence-corrected chi connectivity index (χ3v) is 2.95. The fourth-order valence-electron chi connectivity index (χ4n) is 1.42. The number of hydrogen-bond acceptors (Lipinski definition) is 5. The number of hydrogen-bond donors (Lipinski definition) is 1. The summed E-state index contributed by atoms with van der Waals surface area (Å²) in [5, 5.41) is 5.28. The van der Waals surface area contributed by atoms with E-state index in [1.54, 1.807) is 24.4 Å². The van der Waals surface area contributed by atoms with E-state index in [0.717, 1.165) is 12.2 Å². The standard InChI is InChI=1S/C12H14N4OS/c1-16(2)7-9-8-18-12(14-9)15-11(17)10-5-3-4-6-13-10/h3-6,8H,7H2,1-2H3,(H,14,15,17). The zero-order valence-corrected chi connectivity index (χ0v) is 11.1. The van der Waals surface area contributed by atoms with E-state index in [0.29, 0.717) is 10.8 Å². The highest BCUT2D eigenvalue weighted by atomic mass is 32.1. The molecule has 0 fully saturated rings. The average Bonchev–Trinajstić information content (AvgIpc) is 2.76. The zero-order valence-electron chi connectivity index (χ0n) is 10.3. The van der Waals surface area contributed by atoms with Crippen LogP contribution in [0.3, 0.4) is 0 Å². The van der Waals surface area contributed by atoms with Gasteiger partial charge in [0.05, 0.1) is 5.69 Å². The van der Waals surface area contributed by atoms with Crippen molar-refractivity contribution in [3.8, 4) is 0 Å². The molecule has 1 amide bonds. The first kappa shape index (κ1) is 12.7. The van der Waals surface area contributed by atoms with Gasteiger partial charge in [0.1, 0.15) is 5.69 Å². The molecule has 0 unspecified atom stereocenters. The second-order valence-electron chi connectivity index (χ2n) is 4.05. The molecule has 0 aromatic carbocycles. The highest BCUT2D eigenvalue weighted by Crippen LogP contribution is 2.16. The van der Waals surface area contributed by atoms with Crippen LogP contribution in [0.15, 0.2) is 29.8 Å². The van der Waals surface area contributed by atoms with Gasteiger partial charge >= 0.3 is 0 Å². The van der Waals surface area contributed by atoms with E-state index in [1.807, 2.05) is 24.4 Å². The SMILES string of the molecule is CN(C)Cc1csc(NC(=O)c2ccccn2)n1. The molecular formula is C12H14N4OS. The molecule has 0 atom stereocenters. The van der Waals surface area contributed by atoms with Gasteiger partial charge in [0.2, 0.25) is 0 Å². The number of carbonyl (C=O) groups excluding carboxylic acids is 1. The Labute approximate surface area is 109 Å². The van der Waals surface area contributed by atoms with Gasteiger partial charge in [-0.2, -0.15) is 0 Å². The molecule has 94 valence electrons. The molecule has 0 aliphatic heterocycles.